The molecule has 14 rings (SSSR count). The maximum atomic E-state index is 14.1. The van der Waals surface area contributed by atoms with E-state index in [1.165, 1.54) is 37.0 Å². The van der Waals surface area contributed by atoms with Crippen molar-refractivity contribution in [2.75, 3.05) is 101 Å². The predicted octanol–water partition coefficient (Wildman–Crippen LogP) is 10.1. The summed E-state index contributed by atoms with van der Waals surface area (Å²) in [4.78, 5) is 68.5. The summed E-state index contributed by atoms with van der Waals surface area (Å²) >= 11 is 0. The Balaban J connectivity index is 0.000000130. The predicted molar refractivity (Wildman–Crippen MR) is 338 cm³/mol. The minimum Gasteiger partial charge on any atom is -0.356 e. The number of urea groups is 3. The number of anilines is 4. The molecule has 20 heteroatoms. The molecule has 18 nitrogen and oxygen atoms in total. The van der Waals surface area contributed by atoms with Gasteiger partial charge in [-0.1, -0.05) is 54.6 Å². The third-order valence-corrected chi connectivity index (χ3v) is 20.7. The van der Waals surface area contributed by atoms with Crippen molar-refractivity contribution in [3.63, 3.8) is 0 Å². The van der Waals surface area contributed by atoms with Gasteiger partial charge in [0.15, 0.2) is 0 Å². The van der Waals surface area contributed by atoms with Crippen molar-refractivity contribution in [1.29, 1.82) is 10.5 Å². The van der Waals surface area contributed by atoms with Crippen LogP contribution in [-0.2, 0) is 16.6 Å². The molecule has 89 heavy (non-hydrogen) atoms. The Bertz CT molecular complexity index is 3820. The summed E-state index contributed by atoms with van der Waals surface area (Å²) in [5, 5.41) is 24.6. The van der Waals surface area contributed by atoms with Crippen molar-refractivity contribution in [3.8, 4) is 12.1 Å². The van der Waals surface area contributed by atoms with Gasteiger partial charge < -0.3 is 20.4 Å². The van der Waals surface area contributed by atoms with Crippen LogP contribution in [0.5, 0.6) is 0 Å². The van der Waals surface area contributed by atoms with Gasteiger partial charge in [0.1, 0.15) is 41.0 Å². The Morgan fingerprint density at radius 2 is 0.989 bits per heavy atom. The molecule has 4 saturated heterocycles. The lowest BCUT2D eigenvalue weighted by atomic mass is 9.58. The first-order chi connectivity index (χ1) is 42.5. The highest BCUT2D eigenvalue weighted by Crippen LogP contribution is 2.59. The van der Waals surface area contributed by atoms with E-state index in [2.05, 4.69) is 114 Å². The monoisotopic (exact) mass is 1200 g/mol. The lowest BCUT2D eigenvalue weighted by Crippen LogP contribution is -2.67. The Hall–Kier alpha value is -8.56. The van der Waals surface area contributed by atoms with E-state index in [1.54, 1.807) is 53.7 Å². The normalized spacial score (nSPS) is 27.3. The summed E-state index contributed by atoms with van der Waals surface area (Å²) < 4.78 is 27.9. The van der Waals surface area contributed by atoms with Crippen LogP contribution in [0.2, 0.25) is 0 Å². The molecule has 0 bridgehead atoms. The second kappa shape index (κ2) is 22.8. The van der Waals surface area contributed by atoms with Crippen molar-refractivity contribution in [2.45, 2.75) is 112 Å². The fraction of sp³-hybridized carbons (Fsp3) is 0.449. The number of benzene rings is 3. The Labute approximate surface area is 520 Å². The lowest BCUT2D eigenvalue weighted by Gasteiger charge is -2.60. The minimum absolute atomic E-state index is 0.00739. The Kier molecular flexibility index (Phi) is 15.5. The lowest BCUT2D eigenvalue weighted by molar-refractivity contribution is -0.0681. The number of nitrogens with one attached hydrogen (secondary N) is 2. The summed E-state index contributed by atoms with van der Waals surface area (Å²) in [6.45, 7) is 10.6. The number of rotatable bonds is 12. The highest BCUT2D eigenvalue weighted by atomic mass is 19.1. The largest absolute Gasteiger partial charge is 0.356 e. The molecule has 3 aromatic carbocycles. The van der Waals surface area contributed by atoms with E-state index in [4.69, 9.17) is 10.5 Å². The standard InChI is InChI=1S/C25H28FN5O.C23H29N5O.C21H22FN5O/c1-17-9-21(11-27)28-12-22(17)30-16-24(31(23(30)32)13-18-7-8-18)14-25(15-24,29(2)3)19-5-4-6-20(26)10-19;1-17-12-20(27-10-7-11-27)24-13-19(17)28-16-22(25-21(28)29)14-23(15-22,26(2)3)18-8-5-4-6-9-18;1-14-7-17(9-23)24-10-18(14)27-13-20(25-19(27)28)11-21(12-20,26(2)3)15-5-4-6-16(22)8-15/h4-6,9-10,12,18H,7-8,13-16H2,1-3H3;4-6,8-9,12-13H,7,10-11,14-16H2,1-3H3,(H,25,29);4-8,10H,11-13H2,1-3H3,(H,25,28). The fourth-order valence-electron chi connectivity index (χ4n) is 15.5. The van der Waals surface area contributed by atoms with E-state index >= 15 is 0 Å². The quantitative estimate of drug-likeness (QED) is 0.118. The van der Waals surface area contributed by atoms with Crippen molar-refractivity contribution in [1.82, 2.24) is 45.2 Å². The number of hydrogen-bond acceptors (Lipinski definition) is 12. The number of aryl methyl sites for hydroxylation is 3. The summed E-state index contributed by atoms with van der Waals surface area (Å²) in [7, 11) is 12.3. The van der Waals surface area contributed by atoms with Gasteiger partial charge in [0.2, 0.25) is 0 Å². The number of carbonyl (C=O) groups excluding carboxylic acids is 3. The van der Waals surface area contributed by atoms with E-state index in [-0.39, 0.29) is 63.0 Å². The molecule has 462 valence electrons. The number of pyridine rings is 3. The number of amides is 6. The van der Waals surface area contributed by atoms with E-state index < -0.39 is 0 Å². The van der Waals surface area contributed by atoms with Crippen molar-refractivity contribution in [2.24, 2.45) is 5.92 Å². The van der Waals surface area contributed by atoms with Gasteiger partial charge in [-0.05, 0) is 203 Å². The number of carbonyl (C=O) groups is 3. The molecule has 0 unspecified atom stereocenters. The maximum absolute atomic E-state index is 14.1. The average Bonchev–Trinajstić information content (AvgIpc) is 1.66. The zero-order chi connectivity index (χ0) is 63.0. The van der Waals surface area contributed by atoms with Gasteiger partial charge in [-0.25, -0.2) is 38.1 Å². The SMILES string of the molecule is Cc1cc(C#N)ncc1N1CC2(CC(c3cccc(F)c3)(N(C)C)C2)N(CC2CC2)C1=O.Cc1cc(C#N)ncc1N1CC2(CC(c3cccc(F)c3)(N(C)C)C2)NC1=O.Cc1cc(N2CCC2)ncc1N1CC2(CC(c3ccccc3)(N(C)C)C2)NC1=O. The first kappa shape index (κ1) is 60.7. The Morgan fingerprint density at radius 3 is 1.40 bits per heavy atom. The van der Waals surface area contributed by atoms with E-state index in [0.29, 0.717) is 55.5 Å². The molecule has 6 amide bonds. The molecule has 2 N–H and O–H groups in total. The molecular weight excluding hydrogens is 1120 g/mol. The fourth-order valence-corrected chi connectivity index (χ4v) is 15.5. The van der Waals surface area contributed by atoms with Crippen LogP contribution in [0.4, 0.5) is 46.0 Å². The number of aromatic nitrogens is 3. The van der Waals surface area contributed by atoms with Crippen LogP contribution in [0, 0.1) is 61.0 Å². The second-order valence-electron chi connectivity index (χ2n) is 27.1. The number of halogens is 2. The molecule has 3 aromatic heterocycles. The van der Waals surface area contributed by atoms with Gasteiger partial charge in [0.25, 0.3) is 0 Å². The first-order valence-electron chi connectivity index (χ1n) is 30.8. The second-order valence-corrected chi connectivity index (χ2v) is 27.1. The van der Waals surface area contributed by atoms with E-state index in [1.807, 2.05) is 76.2 Å². The summed E-state index contributed by atoms with van der Waals surface area (Å²) in [5.41, 5.74) is 7.60. The highest BCUT2D eigenvalue weighted by Gasteiger charge is 2.66. The molecular formula is C69H79F2N15O3. The zero-order valence-corrected chi connectivity index (χ0v) is 52.4. The van der Waals surface area contributed by atoms with Gasteiger partial charge in [0, 0.05) is 19.6 Å². The van der Waals surface area contributed by atoms with Gasteiger partial charge in [0.05, 0.1) is 88.5 Å². The highest BCUT2D eigenvalue weighted by molar-refractivity contribution is 5.98. The van der Waals surface area contributed by atoms with Crippen LogP contribution in [0.25, 0.3) is 0 Å². The van der Waals surface area contributed by atoms with Crippen LogP contribution < -0.4 is 30.2 Å². The zero-order valence-electron chi connectivity index (χ0n) is 52.4. The smallest absolute Gasteiger partial charge is 0.325 e. The third kappa shape index (κ3) is 10.8. The van der Waals surface area contributed by atoms with Crippen LogP contribution in [-0.4, -0.2) is 151 Å². The minimum atomic E-state index is -0.367. The summed E-state index contributed by atoms with van der Waals surface area (Å²) in [5.74, 6) is 1.10. The van der Waals surface area contributed by atoms with Crippen LogP contribution >= 0.6 is 0 Å². The van der Waals surface area contributed by atoms with Gasteiger partial charge in [-0.2, -0.15) is 10.5 Å². The molecule has 3 spiro atoms. The molecule has 8 fully saturated rings. The van der Waals surface area contributed by atoms with E-state index in [9.17, 15) is 23.2 Å². The van der Waals surface area contributed by atoms with Crippen LogP contribution in [0.1, 0.15) is 103 Å². The third-order valence-electron chi connectivity index (χ3n) is 20.7. The van der Waals surface area contributed by atoms with Gasteiger partial charge >= 0.3 is 18.1 Å². The molecule has 6 aromatic rings. The molecule has 0 radical (unpaired) electrons. The van der Waals surface area contributed by atoms with Crippen LogP contribution in [0.3, 0.4) is 0 Å². The maximum Gasteiger partial charge on any atom is 0.325 e. The summed E-state index contributed by atoms with van der Waals surface area (Å²) in [6.07, 6.45) is 13.4. The first-order valence-corrected chi connectivity index (χ1v) is 30.8. The number of nitrogens with zero attached hydrogens (tertiary/aromatic N) is 13. The van der Waals surface area contributed by atoms with Crippen molar-refractivity contribution in [3.05, 3.63) is 172 Å². The molecule has 8 aliphatic rings. The van der Waals surface area contributed by atoms with Crippen LogP contribution in [0.15, 0.2) is 116 Å². The molecule has 4 saturated carbocycles. The molecule has 4 aliphatic carbocycles. The summed E-state index contributed by atoms with van der Waals surface area (Å²) in [6, 6.07) is 33.6. The van der Waals surface area contributed by atoms with Crippen molar-refractivity contribution >= 4 is 41.0 Å². The van der Waals surface area contributed by atoms with E-state index in [0.717, 1.165) is 90.3 Å². The number of hydrogen-bond donors (Lipinski definition) is 2. The molecule has 7 heterocycles. The van der Waals surface area contributed by atoms with Crippen molar-refractivity contribution < 1.29 is 23.2 Å². The Morgan fingerprint density at radius 1 is 0.551 bits per heavy atom. The topological polar surface area (TPSA) is 187 Å². The molecule has 4 aliphatic heterocycles. The number of nitriles is 2. The average molecular weight is 1200 g/mol. The van der Waals surface area contributed by atoms with Gasteiger partial charge in [-0.3, -0.25) is 29.4 Å². The molecule has 0 atom stereocenters. The van der Waals surface area contributed by atoms with Gasteiger partial charge in [-0.15, -0.1) is 0 Å².